The second kappa shape index (κ2) is 5.48. The highest BCUT2D eigenvalue weighted by molar-refractivity contribution is 9.10. The molecule has 1 saturated heterocycles. The minimum Gasteiger partial charge on any atom is -0.507 e. The van der Waals surface area contributed by atoms with Crippen LogP contribution in [0, 0.1) is 0 Å². The lowest BCUT2D eigenvalue weighted by Crippen LogP contribution is -2.47. The molecule has 0 spiro atoms. The summed E-state index contributed by atoms with van der Waals surface area (Å²) in [5.74, 6) is -0.519. The van der Waals surface area contributed by atoms with Crippen LogP contribution in [0.3, 0.4) is 0 Å². The van der Waals surface area contributed by atoms with Gasteiger partial charge in [0.2, 0.25) is 0 Å². The Morgan fingerprint density at radius 1 is 1.63 bits per heavy atom. The van der Waals surface area contributed by atoms with E-state index >= 15 is 0 Å². The van der Waals surface area contributed by atoms with E-state index in [1.54, 1.807) is 13.0 Å². The van der Waals surface area contributed by atoms with Gasteiger partial charge in [0.25, 0.3) is 5.91 Å². The molecule has 1 aliphatic rings. The number of hydrogen-bond acceptors (Lipinski definition) is 4. The first-order chi connectivity index (χ1) is 8.92. The van der Waals surface area contributed by atoms with Crippen molar-refractivity contribution in [2.75, 3.05) is 13.2 Å². The Balaban J connectivity index is 2.03. The molecule has 19 heavy (non-hydrogen) atoms. The molecular formula is C13H16BrNO4. The summed E-state index contributed by atoms with van der Waals surface area (Å²) >= 11 is 3.24. The summed E-state index contributed by atoms with van der Waals surface area (Å²) < 4.78 is 5.99. The maximum Gasteiger partial charge on any atom is 0.255 e. The topological polar surface area (TPSA) is 78.8 Å². The van der Waals surface area contributed by atoms with Crippen molar-refractivity contribution in [1.29, 1.82) is 0 Å². The van der Waals surface area contributed by atoms with Crippen molar-refractivity contribution in [3.63, 3.8) is 0 Å². The summed E-state index contributed by atoms with van der Waals surface area (Å²) in [5, 5.41) is 22.5. The van der Waals surface area contributed by atoms with Gasteiger partial charge >= 0.3 is 0 Å². The van der Waals surface area contributed by atoms with Gasteiger partial charge in [-0.3, -0.25) is 4.79 Å². The minimum absolute atomic E-state index is 0.0941. The molecule has 5 nitrogen and oxygen atoms in total. The lowest BCUT2D eigenvalue weighted by Gasteiger charge is -2.26. The quantitative estimate of drug-likeness (QED) is 0.783. The molecule has 2 atom stereocenters. The van der Waals surface area contributed by atoms with E-state index in [1.807, 2.05) is 0 Å². The standard InChI is InChI=1S/C13H16BrNO4/c1-8-13(18,4-5-19-8)7-15-12(17)10-6-9(14)2-3-11(10)16/h2-3,6,8,16,18H,4-5,7H2,1H3,(H,15,17). The van der Waals surface area contributed by atoms with Gasteiger partial charge in [-0.1, -0.05) is 15.9 Å². The van der Waals surface area contributed by atoms with E-state index in [4.69, 9.17) is 4.74 Å². The second-order valence-electron chi connectivity index (χ2n) is 4.71. The Kier molecular flexibility index (Phi) is 4.13. The van der Waals surface area contributed by atoms with Crippen molar-refractivity contribution in [3.8, 4) is 5.75 Å². The Labute approximate surface area is 119 Å². The number of carbonyl (C=O) groups excluding carboxylic acids is 1. The molecule has 104 valence electrons. The molecule has 3 N–H and O–H groups in total. The zero-order valence-corrected chi connectivity index (χ0v) is 12.1. The van der Waals surface area contributed by atoms with Crippen LogP contribution in [0.25, 0.3) is 0 Å². The number of aliphatic hydroxyl groups is 1. The molecule has 2 rings (SSSR count). The van der Waals surface area contributed by atoms with E-state index < -0.39 is 11.5 Å². The third kappa shape index (κ3) is 3.08. The monoisotopic (exact) mass is 329 g/mol. The fourth-order valence-corrected chi connectivity index (χ4v) is 2.38. The summed E-state index contributed by atoms with van der Waals surface area (Å²) in [6.07, 6.45) is 0.169. The van der Waals surface area contributed by atoms with Gasteiger partial charge in [-0.05, 0) is 25.1 Å². The molecule has 1 aromatic carbocycles. The van der Waals surface area contributed by atoms with E-state index in [2.05, 4.69) is 21.2 Å². The molecule has 0 radical (unpaired) electrons. The minimum atomic E-state index is -1.04. The van der Waals surface area contributed by atoms with E-state index in [1.165, 1.54) is 12.1 Å². The number of aromatic hydroxyl groups is 1. The zero-order valence-electron chi connectivity index (χ0n) is 10.5. The predicted molar refractivity (Wildman–Crippen MR) is 73.1 cm³/mol. The van der Waals surface area contributed by atoms with Gasteiger partial charge in [-0.15, -0.1) is 0 Å². The van der Waals surface area contributed by atoms with Gasteiger partial charge in [0, 0.05) is 24.0 Å². The number of carbonyl (C=O) groups is 1. The summed E-state index contributed by atoms with van der Waals surface area (Å²) in [6.45, 7) is 2.35. The number of benzene rings is 1. The van der Waals surface area contributed by atoms with Crippen LogP contribution in [-0.4, -0.2) is 41.0 Å². The first kappa shape index (κ1) is 14.3. The molecule has 1 aliphatic heterocycles. The SMILES string of the molecule is CC1OCCC1(O)CNC(=O)c1cc(Br)ccc1O. The lowest BCUT2D eigenvalue weighted by atomic mass is 9.96. The fraction of sp³-hybridized carbons (Fsp3) is 0.462. The average molecular weight is 330 g/mol. The molecule has 1 aromatic rings. The number of rotatable bonds is 3. The summed E-state index contributed by atoms with van der Waals surface area (Å²) in [7, 11) is 0. The first-order valence-electron chi connectivity index (χ1n) is 6.03. The Bertz CT molecular complexity index is 494. The van der Waals surface area contributed by atoms with Crippen LogP contribution in [-0.2, 0) is 4.74 Å². The molecule has 1 fully saturated rings. The van der Waals surface area contributed by atoms with E-state index in [0.717, 1.165) is 0 Å². The third-order valence-corrected chi connectivity index (χ3v) is 3.91. The van der Waals surface area contributed by atoms with Crippen molar-refractivity contribution in [2.45, 2.75) is 25.0 Å². The van der Waals surface area contributed by atoms with E-state index in [0.29, 0.717) is 17.5 Å². The highest BCUT2D eigenvalue weighted by Crippen LogP contribution is 2.26. The van der Waals surface area contributed by atoms with E-state index in [9.17, 15) is 15.0 Å². The number of amides is 1. The van der Waals surface area contributed by atoms with Gasteiger partial charge in [-0.25, -0.2) is 0 Å². The molecule has 6 heteroatoms. The fourth-order valence-electron chi connectivity index (χ4n) is 2.02. The van der Waals surface area contributed by atoms with Crippen LogP contribution >= 0.6 is 15.9 Å². The number of nitrogens with one attached hydrogen (secondary N) is 1. The van der Waals surface area contributed by atoms with E-state index in [-0.39, 0.29) is 24.0 Å². The highest BCUT2D eigenvalue weighted by Gasteiger charge is 2.39. The molecular weight excluding hydrogens is 314 g/mol. The van der Waals surface area contributed by atoms with Gasteiger partial charge in [0.15, 0.2) is 0 Å². The summed E-state index contributed by atoms with van der Waals surface area (Å²) in [6, 6.07) is 4.62. The zero-order chi connectivity index (χ0) is 14.0. The van der Waals surface area contributed by atoms with Crippen molar-refractivity contribution in [2.24, 2.45) is 0 Å². The Hall–Kier alpha value is -1.11. The molecule has 1 amide bonds. The average Bonchev–Trinajstić information content (AvgIpc) is 2.70. The Morgan fingerprint density at radius 3 is 3.00 bits per heavy atom. The van der Waals surface area contributed by atoms with Crippen LogP contribution in [0.1, 0.15) is 23.7 Å². The van der Waals surface area contributed by atoms with Crippen LogP contribution in [0.5, 0.6) is 5.75 Å². The number of halogens is 1. The Morgan fingerprint density at radius 2 is 2.37 bits per heavy atom. The normalized spacial score (nSPS) is 26.4. The van der Waals surface area contributed by atoms with Gasteiger partial charge in [0.1, 0.15) is 11.4 Å². The number of phenols is 1. The second-order valence-corrected chi connectivity index (χ2v) is 5.63. The molecule has 0 aromatic heterocycles. The van der Waals surface area contributed by atoms with Crippen molar-refractivity contribution in [1.82, 2.24) is 5.32 Å². The third-order valence-electron chi connectivity index (χ3n) is 3.42. The van der Waals surface area contributed by atoms with Crippen LogP contribution in [0.2, 0.25) is 0 Å². The van der Waals surface area contributed by atoms with Crippen molar-refractivity contribution < 1.29 is 19.7 Å². The molecule has 1 heterocycles. The van der Waals surface area contributed by atoms with Crippen LogP contribution in [0.15, 0.2) is 22.7 Å². The summed E-state index contributed by atoms with van der Waals surface area (Å²) in [4.78, 5) is 12.0. The van der Waals surface area contributed by atoms with Crippen LogP contribution < -0.4 is 5.32 Å². The maximum atomic E-state index is 12.0. The number of hydrogen-bond donors (Lipinski definition) is 3. The predicted octanol–water partition coefficient (Wildman–Crippen LogP) is 1.42. The number of phenolic OH excluding ortho intramolecular Hbond substituents is 1. The number of ether oxygens (including phenoxy) is 1. The van der Waals surface area contributed by atoms with Crippen LogP contribution in [0.4, 0.5) is 0 Å². The molecule has 2 unspecified atom stereocenters. The van der Waals surface area contributed by atoms with Gasteiger partial charge in [-0.2, -0.15) is 0 Å². The molecule has 0 aliphatic carbocycles. The lowest BCUT2D eigenvalue weighted by molar-refractivity contribution is -0.0251. The van der Waals surface area contributed by atoms with Gasteiger partial charge < -0.3 is 20.3 Å². The summed E-state index contributed by atoms with van der Waals surface area (Å²) in [5.41, 5.74) is -0.873. The smallest absolute Gasteiger partial charge is 0.255 e. The largest absolute Gasteiger partial charge is 0.507 e. The highest BCUT2D eigenvalue weighted by atomic mass is 79.9. The maximum absolute atomic E-state index is 12.0. The molecule has 0 bridgehead atoms. The molecule has 0 saturated carbocycles. The first-order valence-corrected chi connectivity index (χ1v) is 6.82. The van der Waals surface area contributed by atoms with Crippen molar-refractivity contribution >= 4 is 21.8 Å². The van der Waals surface area contributed by atoms with Gasteiger partial charge in [0.05, 0.1) is 11.7 Å². The van der Waals surface area contributed by atoms with Crippen molar-refractivity contribution in [3.05, 3.63) is 28.2 Å².